The van der Waals surface area contributed by atoms with Crippen LogP contribution in [-0.2, 0) is 6.54 Å². The van der Waals surface area contributed by atoms with Crippen molar-refractivity contribution in [3.63, 3.8) is 0 Å². The first-order valence-electron chi connectivity index (χ1n) is 6.64. The Hall–Kier alpha value is -1.03. The molecule has 0 fully saturated rings. The van der Waals surface area contributed by atoms with Gasteiger partial charge in [-0.05, 0) is 19.0 Å². The van der Waals surface area contributed by atoms with Crippen LogP contribution in [0.25, 0.3) is 0 Å². The number of aromatic nitrogens is 2. The zero-order valence-corrected chi connectivity index (χ0v) is 11.6. The molecule has 0 radical (unpaired) electrons. The van der Waals surface area contributed by atoms with Crippen LogP contribution in [0, 0.1) is 5.92 Å². The largest absolute Gasteiger partial charge is 0.382 e. The Morgan fingerprint density at radius 1 is 1.35 bits per heavy atom. The van der Waals surface area contributed by atoms with Crippen molar-refractivity contribution < 1.29 is 0 Å². The Morgan fingerprint density at radius 3 is 2.65 bits per heavy atom. The second-order valence-corrected chi connectivity index (χ2v) is 4.79. The summed E-state index contributed by atoms with van der Waals surface area (Å²) in [6.07, 6.45) is 4.00. The number of likely N-dealkylation sites (N-methyl/N-ethyl adjacent to an activating group) is 1. The van der Waals surface area contributed by atoms with Gasteiger partial charge in [0.25, 0.3) is 0 Å². The first-order chi connectivity index (χ1) is 8.15. The first kappa shape index (κ1) is 14.0. The maximum Gasteiger partial charge on any atom is 0.0726 e. The van der Waals surface area contributed by atoms with E-state index in [1.807, 2.05) is 10.9 Å². The number of rotatable bonds is 8. The molecule has 1 rings (SSSR count). The van der Waals surface area contributed by atoms with Crippen LogP contribution in [0.4, 0.5) is 5.69 Å². The van der Waals surface area contributed by atoms with Gasteiger partial charge in [-0.1, -0.05) is 27.7 Å². The molecule has 0 unspecified atom stereocenters. The highest BCUT2D eigenvalue weighted by atomic mass is 15.3. The Kier molecular flexibility index (Phi) is 6.05. The molecule has 98 valence electrons. The van der Waals surface area contributed by atoms with Crippen molar-refractivity contribution >= 4 is 5.69 Å². The standard InChI is InChI=1S/C13H26N4/c1-5-16(6-2)7-8-17-11-13(10-15-17)14-9-12(3)4/h10-12,14H,5-9H2,1-4H3. The van der Waals surface area contributed by atoms with Crippen LogP contribution in [0.15, 0.2) is 12.4 Å². The van der Waals surface area contributed by atoms with Crippen LogP contribution in [-0.4, -0.2) is 40.9 Å². The fraction of sp³-hybridized carbons (Fsp3) is 0.769. The van der Waals surface area contributed by atoms with E-state index >= 15 is 0 Å². The predicted molar refractivity (Wildman–Crippen MR) is 73.3 cm³/mol. The van der Waals surface area contributed by atoms with Crippen molar-refractivity contribution in [3.05, 3.63) is 12.4 Å². The molecule has 4 nitrogen and oxygen atoms in total. The lowest BCUT2D eigenvalue weighted by Crippen LogP contribution is -2.27. The summed E-state index contributed by atoms with van der Waals surface area (Å²) in [5.74, 6) is 0.661. The lowest BCUT2D eigenvalue weighted by atomic mass is 10.2. The fourth-order valence-corrected chi connectivity index (χ4v) is 1.68. The number of nitrogens with zero attached hydrogens (tertiary/aromatic N) is 3. The van der Waals surface area contributed by atoms with Gasteiger partial charge in [0.2, 0.25) is 0 Å². The molecule has 1 aromatic heterocycles. The van der Waals surface area contributed by atoms with Gasteiger partial charge in [0, 0.05) is 19.3 Å². The van der Waals surface area contributed by atoms with Crippen molar-refractivity contribution in [2.45, 2.75) is 34.2 Å². The predicted octanol–water partition coefficient (Wildman–Crippen LogP) is 2.29. The second-order valence-electron chi connectivity index (χ2n) is 4.79. The van der Waals surface area contributed by atoms with E-state index in [0.29, 0.717) is 5.92 Å². The van der Waals surface area contributed by atoms with Crippen molar-refractivity contribution in [2.24, 2.45) is 5.92 Å². The molecule has 0 aliphatic rings. The van der Waals surface area contributed by atoms with E-state index in [4.69, 9.17) is 0 Å². The Labute approximate surface area is 105 Å². The third kappa shape index (κ3) is 5.22. The molecule has 1 aromatic rings. The molecule has 1 N–H and O–H groups in total. The van der Waals surface area contributed by atoms with Gasteiger partial charge in [0.05, 0.1) is 18.4 Å². The average Bonchev–Trinajstić information content (AvgIpc) is 2.76. The van der Waals surface area contributed by atoms with Gasteiger partial charge in [0.1, 0.15) is 0 Å². The normalized spacial score (nSPS) is 11.4. The summed E-state index contributed by atoms with van der Waals surface area (Å²) in [4.78, 5) is 2.41. The molecule has 0 spiro atoms. The van der Waals surface area contributed by atoms with Gasteiger partial charge in [-0.3, -0.25) is 4.68 Å². The minimum absolute atomic E-state index is 0.661. The lowest BCUT2D eigenvalue weighted by molar-refractivity contribution is 0.285. The van der Waals surface area contributed by atoms with E-state index in [0.717, 1.165) is 38.4 Å². The van der Waals surface area contributed by atoms with Crippen LogP contribution in [0.2, 0.25) is 0 Å². The smallest absolute Gasteiger partial charge is 0.0726 e. The molecule has 0 bridgehead atoms. The van der Waals surface area contributed by atoms with E-state index in [2.05, 4.69) is 49.2 Å². The summed E-state index contributed by atoms with van der Waals surface area (Å²) >= 11 is 0. The number of nitrogens with one attached hydrogen (secondary N) is 1. The summed E-state index contributed by atoms with van der Waals surface area (Å²) < 4.78 is 2.01. The monoisotopic (exact) mass is 238 g/mol. The summed E-state index contributed by atoms with van der Waals surface area (Å²) in [5, 5.41) is 7.75. The molecule has 0 aliphatic heterocycles. The van der Waals surface area contributed by atoms with Gasteiger partial charge in [-0.15, -0.1) is 0 Å². The Balaban J connectivity index is 2.35. The van der Waals surface area contributed by atoms with Crippen LogP contribution >= 0.6 is 0 Å². The van der Waals surface area contributed by atoms with Gasteiger partial charge in [0.15, 0.2) is 0 Å². The number of hydrogen-bond acceptors (Lipinski definition) is 3. The molecule has 0 saturated heterocycles. The third-order valence-electron chi connectivity index (χ3n) is 2.89. The molecule has 0 aromatic carbocycles. The summed E-state index contributed by atoms with van der Waals surface area (Å²) in [6, 6.07) is 0. The molecular weight excluding hydrogens is 212 g/mol. The van der Waals surface area contributed by atoms with E-state index in [1.165, 1.54) is 0 Å². The van der Waals surface area contributed by atoms with E-state index in [1.54, 1.807) is 0 Å². The molecule has 0 amide bonds. The molecule has 1 heterocycles. The van der Waals surface area contributed by atoms with Gasteiger partial charge >= 0.3 is 0 Å². The van der Waals surface area contributed by atoms with Crippen molar-refractivity contribution in [3.8, 4) is 0 Å². The van der Waals surface area contributed by atoms with Crippen LogP contribution in [0.5, 0.6) is 0 Å². The molecule has 17 heavy (non-hydrogen) atoms. The average molecular weight is 238 g/mol. The van der Waals surface area contributed by atoms with Gasteiger partial charge in [-0.2, -0.15) is 5.10 Å². The second kappa shape index (κ2) is 7.33. The maximum atomic E-state index is 4.36. The highest BCUT2D eigenvalue weighted by molar-refractivity contribution is 5.37. The first-order valence-corrected chi connectivity index (χ1v) is 6.64. The SMILES string of the molecule is CCN(CC)CCn1cc(NCC(C)C)cn1. The number of anilines is 1. The zero-order chi connectivity index (χ0) is 12.7. The van der Waals surface area contributed by atoms with Gasteiger partial charge < -0.3 is 10.2 Å². The lowest BCUT2D eigenvalue weighted by Gasteiger charge is -2.17. The minimum Gasteiger partial charge on any atom is -0.382 e. The molecule has 0 saturated carbocycles. The molecule has 0 atom stereocenters. The van der Waals surface area contributed by atoms with E-state index in [-0.39, 0.29) is 0 Å². The highest BCUT2D eigenvalue weighted by Crippen LogP contribution is 2.06. The van der Waals surface area contributed by atoms with Gasteiger partial charge in [-0.25, -0.2) is 0 Å². The zero-order valence-electron chi connectivity index (χ0n) is 11.6. The Bertz CT molecular complexity index is 302. The van der Waals surface area contributed by atoms with E-state index in [9.17, 15) is 0 Å². The van der Waals surface area contributed by atoms with E-state index < -0.39 is 0 Å². The molecule has 4 heteroatoms. The summed E-state index contributed by atoms with van der Waals surface area (Å²) in [7, 11) is 0. The summed E-state index contributed by atoms with van der Waals surface area (Å²) in [6.45, 7) is 14.1. The summed E-state index contributed by atoms with van der Waals surface area (Å²) in [5.41, 5.74) is 1.12. The maximum absolute atomic E-state index is 4.36. The van der Waals surface area contributed by atoms with Crippen LogP contribution < -0.4 is 5.32 Å². The molecular formula is C13H26N4. The quantitative estimate of drug-likeness (QED) is 0.754. The fourth-order valence-electron chi connectivity index (χ4n) is 1.68. The Morgan fingerprint density at radius 2 is 2.06 bits per heavy atom. The van der Waals surface area contributed by atoms with Crippen molar-refractivity contribution in [2.75, 3.05) is 31.5 Å². The topological polar surface area (TPSA) is 33.1 Å². The molecule has 0 aliphatic carbocycles. The number of hydrogen-bond donors (Lipinski definition) is 1. The van der Waals surface area contributed by atoms with Crippen molar-refractivity contribution in [1.29, 1.82) is 0 Å². The minimum atomic E-state index is 0.661. The van der Waals surface area contributed by atoms with Crippen LogP contribution in [0.3, 0.4) is 0 Å². The third-order valence-corrected chi connectivity index (χ3v) is 2.89. The van der Waals surface area contributed by atoms with Crippen LogP contribution in [0.1, 0.15) is 27.7 Å². The highest BCUT2D eigenvalue weighted by Gasteiger charge is 2.02. The van der Waals surface area contributed by atoms with Crippen molar-refractivity contribution in [1.82, 2.24) is 14.7 Å².